The van der Waals surface area contributed by atoms with Gasteiger partial charge in [-0.2, -0.15) is 5.26 Å². The Balaban J connectivity index is 2.14. The summed E-state index contributed by atoms with van der Waals surface area (Å²) in [6.45, 7) is -0.165. The number of para-hydroxylation sites is 1. The van der Waals surface area contributed by atoms with Gasteiger partial charge < -0.3 is 5.32 Å². The standard InChI is InChI=1S/C17H15ClFN3O3S/c1-26(24,25)22(13-6-7-15(19)14(18)10-13)9-8-17(23)21-16-5-3-2-4-12(16)11-20/h2-7,10H,8-9H2,1H3,(H,21,23). The van der Waals surface area contributed by atoms with Crippen molar-refractivity contribution in [2.45, 2.75) is 6.42 Å². The number of carbonyl (C=O) groups excluding carboxylic acids is 1. The number of anilines is 2. The van der Waals surface area contributed by atoms with Crippen LogP contribution in [0.3, 0.4) is 0 Å². The van der Waals surface area contributed by atoms with E-state index in [1.165, 1.54) is 12.1 Å². The van der Waals surface area contributed by atoms with Crippen molar-refractivity contribution in [3.05, 3.63) is 58.9 Å². The molecule has 0 saturated carbocycles. The molecule has 0 radical (unpaired) electrons. The van der Waals surface area contributed by atoms with Gasteiger partial charge in [0.1, 0.15) is 11.9 Å². The topological polar surface area (TPSA) is 90.3 Å². The highest BCUT2D eigenvalue weighted by Gasteiger charge is 2.20. The summed E-state index contributed by atoms with van der Waals surface area (Å²) < 4.78 is 38.3. The fourth-order valence-corrected chi connectivity index (χ4v) is 3.33. The zero-order valence-electron chi connectivity index (χ0n) is 13.7. The molecule has 0 atom stereocenters. The minimum absolute atomic E-state index is 0.157. The van der Waals surface area contributed by atoms with E-state index in [1.807, 2.05) is 6.07 Å². The van der Waals surface area contributed by atoms with Crippen LogP contribution in [-0.4, -0.2) is 27.1 Å². The van der Waals surface area contributed by atoms with Gasteiger partial charge in [0, 0.05) is 13.0 Å². The Morgan fingerprint density at radius 1 is 1.31 bits per heavy atom. The first kappa shape index (κ1) is 19.7. The van der Waals surface area contributed by atoms with Crippen LogP contribution in [0.25, 0.3) is 0 Å². The lowest BCUT2D eigenvalue weighted by molar-refractivity contribution is -0.116. The Morgan fingerprint density at radius 2 is 2.00 bits per heavy atom. The lowest BCUT2D eigenvalue weighted by Gasteiger charge is -2.22. The molecule has 1 N–H and O–H groups in total. The lowest BCUT2D eigenvalue weighted by Crippen LogP contribution is -2.33. The van der Waals surface area contributed by atoms with Gasteiger partial charge in [0.25, 0.3) is 0 Å². The predicted octanol–water partition coefficient (Wildman–Crippen LogP) is 3.15. The number of carbonyl (C=O) groups is 1. The monoisotopic (exact) mass is 395 g/mol. The van der Waals surface area contributed by atoms with Crippen LogP contribution in [0, 0.1) is 17.1 Å². The number of nitrogens with zero attached hydrogens (tertiary/aromatic N) is 2. The van der Waals surface area contributed by atoms with Crippen molar-refractivity contribution < 1.29 is 17.6 Å². The predicted molar refractivity (Wildman–Crippen MR) is 98.0 cm³/mol. The molecule has 0 unspecified atom stereocenters. The molecule has 0 heterocycles. The number of rotatable bonds is 6. The molecule has 9 heteroatoms. The third-order valence-electron chi connectivity index (χ3n) is 3.46. The molecular formula is C17H15ClFN3O3S. The number of amides is 1. The van der Waals surface area contributed by atoms with Gasteiger partial charge in [0.2, 0.25) is 15.9 Å². The molecule has 0 saturated heterocycles. The summed E-state index contributed by atoms with van der Waals surface area (Å²) in [5, 5.41) is 11.4. The van der Waals surface area contributed by atoms with Gasteiger partial charge in [0.15, 0.2) is 0 Å². The maximum absolute atomic E-state index is 13.3. The molecule has 0 aromatic heterocycles. The maximum atomic E-state index is 13.3. The highest BCUT2D eigenvalue weighted by atomic mass is 35.5. The largest absolute Gasteiger partial charge is 0.325 e. The average Bonchev–Trinajstić information content (AvgIpc) is 2.57. The van der Waals surface area contributed by atoms with Gasteiger partial charge in [0.05, 0.1) is 28.2 Å². The molecule has 1 amide bonds. The minimum atomic E-state index is -3.71. The van der Waals surface area contributed by atoms with Gasteiger partial charge in [-0.1, -0.05) is 23.7 Å². The molecule has 2 rings (SSSR count). The van der Waals surface area contributed by atoms with Crippen molar-refractivity contribution in [2.24, 2.45) is 0 Å². The Labute approximate surface area is 155 Å². The highest BCUT2D eigenvalue weighted by molar-refractivity contribution is 7.92. The molecule has 136 valence electrons. The van der Waals surface area contributed by atoms with Gasteiger partial charge in [-0.05, 0) is 30.3 Å². The Kier molecular flexibility index (Phi) is 6.18. The summed E-state index contributed by atoms with van der Waals surface area (Å²) in [5.41, 5.74) is 0.797. The van der Waals surface area contributed by atoms with Crippen molar-refractivity contribution in [1.82, 2.24) is 0 Å². The van der Waals surface area contributed by atoms with Crippen LogP contribution in [0.4, 0.5) is 15.8 Å². The third-order valence-corrected chi connectivity index (χ3v) is 4.94. The van der Waals surface area contributed by atoms with Crippen molar-refractivity contribution in [3.63, 3.8) is 0 Å². The molecule has 0 spiro atoms. The Bertz CT molecular complexity index is 973. The van der Waals surface area contributed by atoms with E-state index in [1.54, 1.807) is 24.3 Å². The van der Waals surface area contributed by atoms with E-state index in [0.29, 0.717) is 11.3 Å². The molecule has 26 heavy (non-hydrogen) atoms. The molecule has 0 aliphatic carbocycles. The first-order valence-corrected chi connectivity index (χ1v) is 9.66. The molecule has 0 aliphatic rings. The summed E-state index contributed by atoms with van der Waals surface area (Å²) in [7, 11) is -3.71. The van der Waals surface area contributed by atoms with E-state index in [-0.39, 0.29) is 23.7 Å². The van der Waals surface area contributed by atoms with E-state index < -0.39 is 21.7 Å². The van der Waals surface area contributed by atoms with Crippen molar-refractivity contribution in [2.75, 3.05) is 22.4 Å². The molecule has 2 aromatic rings. The van der Waals surface area contributed by atoms with E-state index in [0.717, 1.165) is 16.6 Å². The van der Waals surface area contributed by atoms with Crippen LogP contribution < -0.4 is 9.62 Å². The average molecular weight is 396 g/mol. The summed E-state index contributed by atoms with van der Waals surface area (Å²) in [5.74, 6) is -1.13. The first-order valence-electron chi connectivity index (χ1n) is 7.44. The summed E-state index contributed by atoms with van der Waals surface area (Å²) >= 11 is 5.71. The normalized spacial score (nSPS) is 10.8. The minimum Gasteiger partial charge on any atom is -0.325 e. The fraction of sp³-hybridized carbons (Fsp3) is 0.176. The van der Waals surface area contributed by atoms with Crippen LogP contribution in [-0.2, 0) is 14.8 Å². The van der Waals surface area contributed by atoms with Crippen LogP contribution in [0.1, 0.15) is 12.0 Å². The Morgan fingerprint density at radius 3 is 2.62 bits per heavy atom. The number of nitrogens with one attached hydrogen (secondary N) is 1. The number of nitriles is 1. The number of hydrogen-bond donors (Lipinski definition) is 1. The van der Waals surface area contributed by atoms with Gasteiger partial charge in [-0.15, -0.1) is 0 Å². The zero-order chi connectivity index (χ0) is 19.3. The fourth-order valence-electron chi connectivity index (χ4n) is 2.23. The van der Waals surface area contributed by atoms with E-state index in [4.69, 9.17) is 16.9 Å². The van der Waals surface area contributed by atoms with Crippen molar-refractivity contribution in [3.8, 4) is 6.07 Å². The first-order chi connectivity index (χ1) is 12.2. The number of hydrogen-bond acceptors (Lipinski definition) is 4. The van der Waals surface area contributed by atoms with E-state index in [2.05, 4.69) is 5.32 Å². The number of halogens is 2. The van der Waals surface area contributed by atoms with Crippen LogP contribution in [0.2, 0.25) is 5.02 Å². The van der Waals surface area contributed by atoms with Crippen molar-refractivity contribution in [1.29, 1.82) is 5.26 Å². The summed E-state index contributed by atoms with van der Waals surface area (Å²) in [6.07, 6.45) is 0.814. The zero-order valence-corrected chi connectivity index (χ0v) is 15.3. The second-order valence-corrected chi connectivity index (χ2v) is 7.70. The van der Waals surface area contributed by atoms with E-state index >= 15 is 0 Å². The van der Waals surface area contributed by atoms with Crippen LogP contribution in [0.5, 0.6) is 0 Å². The van der Waals surface area contributed by atoms with Gasteiger partial charge in [-0.25, -0.2) is 12.8 Å². The van der Waals surface area contributed by atoms with Crippen LogP contribution in [0.15, 0.2) is 42.5 Å². The quantitative estimate of drug-likeness (QED) is 0.813. The number of sulfonamides is 1. The van der Waals surface area contributed by atoms with Gasteiger partial charge in [-0.3, -0.25) is 9.10 Å². The third kappa shape index (κ3) is 4.94. The van der Waals surface area contributed by atoms with E-state index in [9.17, 15) is 17.6 Å². The molecule has 6 nitrogen and oxygen atoms in total. The lowest BCUT2D eigenvalue weighted by atomic mass is 10.2. The molecule has 0 fully saturated rings. The maximum Gasteiger partial charge on any atom is 0.232 e. The number of benzene rings is 2. The van der Waals surface area contributed by atoms with Gasteiger partial charge >= 0.3 is 0 Å². The highest BCUT2D eigenvalue weighted by Crippen LogP contribution is 2.24. The molecule has 0 aliphatic heterocycles. The molecule has 2 aromatic carbocycles. The summed E-state index contributed by atoms with van der Waals surface area (Å²) in [4.78, 5) is 12.1. The second-order valence-electron chi connectivity index (χ2n) is 5.39. The molecular weight excluding hydrogens is 381 g/mol. The SMILES string of the molecule is CS(=O)(=O)N(CCC(=O)Nc1ccccc1C#N)c1ccc(F)c(Cl)c1. The van der Waals surface area contributed by atoms with Crippen molar-refractivity contribution >= 4 is 38.9 Å². The van der Waals surface area contributed by atoms with Crippen LogP contribution >= 0.6 is 11.6 Å². The smallest absolute Gasteiger partial charge is 0.232 e. The molecule has 0 bridgehead atoms. The summed E-state index contributed by atoms with van der Waals surface area (Å²) in [6, 6.07) is 11.9. The second kappa shape index (κ2) is 8.17. The Hall–Kier alpha value is -2.63.